The van der Waals surface area contributed by atoms with Crippen LogP contribution in [0.15, 0.2) is 91.0 Å². The van der Waals surface area contributed by atoms with E-state index >= 15 is 0 Å². The second-order valence-electron chi connectivity index (χ2n) is 9.30. The van der Waals surface area contributed by atoms with Gasteiger partial charge >= 0.3 is 5.97 Å². The van der Waals surface area contributed by atoms with Crippen molar-refractivity contribution < 1.29 is 23.9 Å². The fraction of sp³-hybridized carbons (Fsp3) is 0.125. The van der Waals surface area contributed by atoms with Crippen molar-refractivity contribution in [1.29, 1.82) is 0 Å². The van der Waals surface area contributed by atoms with E-state index in [1.807, 2.05) is 54.6 Å². The molecule has 2 amide bonds. The number of esters is 1. The molecule has 0 spiro atoms. The van der Waals surface area contributed by atoms with Gasteiger partial charge in [-0.2, -0.15) is 0 Å². The number of methoxy groups -OCH3 is 1. The summed E-state index contributed by atoms with van der Waals surface area (Å²) in [5.74, 6) is -0.530. The molecule has 0 bridgehead atoms. The van der Waals surface area contributed by atoms with Gasteiger partial charge in [0.25, 0.3) is 5.91 Å². The molecule has 0 fully saturated rings. The fourth-order valence-electron chi connectivity index (χ4n) is 4.36. The average Bonchev–Trinajstić information content (AvgIpc) is 2.96. The van der Waals surface area contributed by atoms with E-state index in [4.69, 9.17) is 14.5 Å². The van der Waals surface area contributed by atoms with Gasteiger partial charge in [-0.1, -0.05) is 36.4 Å². The summed E-state index contributed by atoms with van der Waals surface area (Å²) in [6.45, 7) is 2.93. The Hall–Kier alpha value is -5.24. The highest BCUT2D eigenvalue weighted by Crippen LogP contribution is 2.29. The summed E-state index contributed by atoms with van der Waals surface area (Å²) in [4.78, 5) is 42.1. The number of carbonyl (C=O) groups is 3. The van der Waals surface area contributed by atoms with Crippen molar-refractivity contribution in [3.8, 4) is 17.0 Å². The van der Waals surface area contributed by atoms with Crippen LogP contribution >= 0.6 is 0 Å². The number of hydrogen-bond donors (Lipinski definition) is 2. The minimum Gasteiger partial charge on any atom is -0.497 e. The minimum absolute atomic E-state index is 0.189. The number of aromatic nitrogens is 1. The Morgan fingerprint density at radius 3 is 2.20 bits per heavy atom. The Morgan fingerprint density at radius 1 is 0.800 bits per heavy atom. The first-order chi connectivity index (χ1) is 19.3. The van der Waals surface area contributed by atoms with Gasteiger partial charge in [-0.3, -0.25) is 9.59 Å². The van der Waals surface area contributed by atoms with Crippen molar-refractivity contribution in [2.75, 3.05) is 17.7 Å². The molecule has 0 aliphatic carbocycles. The maximum atomic E-state index is 13.4. The maximum Gasteiger partial charge on any atom is 0.339 e. The van der Waals surface area contributed by atoms with Gasteiger partial charge in [0.05, 0.1) is 23.9 Å². The predicted octanol–water partition coefficient (Wildman–Crippen LogP) is 6.21. The van der Waals surface area contributed by atoms with E-state index in [0.717, 1.165) is 22.1 Å². The van der Waals surface area contributed by atoms with E-state index in [1.54, 1.807) is 43.5 Å². The zero-order valence-electron chi connectivity index (χ0n) is 22.2. The van der Waals surface area contributed by atoms with Gasteiger partial charge < -0.3 is 20.1 Å². The van der Waals surface area contributed by atoms with Gasteiger partial charge in [0.15, 0.2) is 6.10 Å². The van der Waals surface area contributed by atoms with E-state index in [0.29, 0.717) is 33.5 Å². The van der Waals surface area contributed by atoms with Crippen molar-refractivity contribution in [2.45, 2.75) is 20.0 Å². The van der Waals surface area contributed by atoms with Crippen LogP contribution in [0, 0.1) is 0 Å². The Kier molecular flexibility index (Phi) is 7.41. The molecule has 2 N–H and O–H groups in total. The monoisotopic (exact) mass is 533 g/mol. The molecule has 0 aliphatic rings. The van der Waals surface area contributed by atoms with E-state index < -0.39 is 18.0 Å². The first kappa shape index (κ1) is 26.4. The molecule has 0 aliphatic heterocycles. The largest absolute Gasteiger partial charge is 0.497 e. The first-order valence-corrected chi connectivity index (χ1v) is 12.7. The molecule has 1 heterocycles. The predicted molar refractivity (Wildman–Crippen MR) is 155 cm³/mol. The summed E-state index contributed by atoms with van der Waals surface area (Å²) in [6.07, 6.45) is -1.06. The lowest BCUT2D eigenvalue weighted by Gasteiger charge is -2.15. The highest BCUT2D eigenvalue weighted by Gasteiger charge is 2.22. The second-order valence-corrected chi connectivity index (χ2v) is 9.30. The molecular weight excluding hydrogens is 506 g/mol. The molecule has 0 saturated carbocycles. The summed E-state index contributed by atoms with van der Waals surface area (Å²) >= 11 is 0. The van der Waals surface area contributed by atoms with Gasteiger partial charge in [-0.15, -0.1) is 0 Å². The van der Waals surface area contributed by atoms with Gasteiger partial charge in [-0.25, -0.2) is 9.78 Å². The summed E-state index contributed by atoms with van der Waals surface area (Å²) in [6, 6.07) is 27.4. The molecule has 4 aromatic carbocycles. The Labute approximate surface area is 230 Å². The number of nitrogens with one attached hydrogen (secondary N) is 2. The standard InChI is InChI=1S/C32H27N3O5/c1-19(31(37)34-25-13-11-24(12-14-25)33-20(2)36)40-32(38)28-18-30(35-29-7-5-4-6-27(28)29)23-9-8-22-17-26(39-3)15-10-21(22)16-23/h4-19H,1-3H3,(H,33,36)(H,34,37). The lowest BCUT2D eigenvalue weighted by atomic mass is 10.0. The number of rotatable bonds is 7. The lowest BCUT2D eigenvalue weighted by molar-refractivity contribution is -0.123. The SMILES string of the molecule is COc1ccc2cc(-c3cc(C(=O)OC(C)C(=O)Nc4ccc(NC(C)=O)cc4)c4ccccc4n3)ccc2c1. The lowest BCUT2D eigenvalue weighted by Crippen LogP contribution is -2.30. The van der Waals surface area contributed by atoms with E-state index in [1.165, 1.54) is 13.8 Å². The van der Waals surface area contributed by atoms with E-state index in [2.05, 4.69) is 10.6 Å². The van der Waals surface area contributed by atoms with Gasteiger partial charge in [-0.05, 0) is 72.3 Å². The summed E-state index contributed by atoms with van der Waals surface area (Å²) < 4.78 is 10.9. The van der Waals surface area contributed by atoms with Crippen LogP contribution < -0.4 is 15.4 Å². The maximum absolute atomic E-state index is 13.4. The third kappa shape index (κ3) is 5.76. The molecule has 5 rings (SSSR count). The molecule has 5 aromatic rings. The van der Waals surface area contributed by atoms with Crippen LogP contribution in [0.4, 0.5) is 11.4 Å². The van der Waals surface area contributed by atoms with Gasteiger partial charge in [0.1, 0.15) is 5.75 Å². The molecule has 1 atom stereocenters. The zero-order valence-corrected chi connectivity index (χ0v) is 22.2. The topological polar surface area (TPSA) is 107 Å². The highest BCUT2D eigenvalue weighted by atomic mass is 16.5. The normalized spacial score (nSPS) is 11.6. The van der Waals surface area contributed by atoms with Gasteiger partial charge in [0, 0.05) is 29.2 Å². The number of carbonyl (C=O) groups excluding carboxylic acids is 3. The number of fused-ring (bicyclic) bond motifs is 2. The van der Waals surface area contributed by atoms with Crippen molar-refractivity contribution in [3.63, 3.8) is 0 Å². The van der Waals surface area contributed by atoms with E-state index in [-0.39, 0.29) is 5.91 Å². The first-order valence-electron chi connectivity index (χ1n) is 12.7. The van der Waals surface area contributed by atoms with Crippen LogP contribution in [0.2, 0.25) is 0 Å². The van der Waals surface area contributed by atoms with Crippen molar-refractivity contribution >= 4 is 50.8 Å². The van der Waals surface area contributed by atoms with Crippen LogP contribution in [-0.2, 0) is 14.3 Å². The number of pyridine rings is 1. The number of amides is 2. The second kappa shape index (κ2) is 11.2. The number of anilines is 2. The van der Waals surface area contributed by atoms with Crippen LogP contribution in [0.5, 0.6) is 5.75 Å². The van der Waals surface area contributed by atoms with Crippen molar-refractivity contribution in [2.24, 2.45) is 0 Å². The van der Waals surface area contributed by atoms with Crippen LogP contribution in [0.3, 0.4) is 0 Å². The number of benzene rings is 4. The van der Waals surface area contributed by atoms with Crippen LogP contribution in [-0.4, -0.2) is 36.0 Å². The molecule has 200 valence electrons. The minimum atomic E-state index is -1.06. The molecule has 0 radical (unpaired) electrons. The van der Waals surface area contributed by atoms with Crippen LogP contribution in [0.25, 0.3) is 32.9 Å². The summed E-state index contributed by atoms with van der Waals surface area (Å²) in [5.41, 5.74) is 3.52. The van der Waals surface area contributed by atoms with Crippen molar-refractivity contribution in [3.05, 3.63) is 96.6 Å². The molecule has 40 heavy (non-hydrogen) atoms. The summed E-state index contributed by atoms with van der Waals surface area (Å²) in [7, 11) is 1.63. The Balaban J connectivity index is 1.38. The third-order valence-corrected chi connectivity index (χ3v) is 6.41. The van der Waals surface area contributed by atoms with Crippen LogP contribution in [0.1, 0.15) is 24.2 Å². The highest BCUT2D eigenvalue weighted by molar-refractivity contribution is 6.06. The molecule has 8 heteroatoms. The molecule has 8 nitrogen and oxygen atoms in total. The molecular formula is C32H27N3O5. The number of ether oxygens (including phenoxy) is 2. The average molecular weight is 534 g/mol. The number of hydrogen-bond acceptors (Lipinski definition) is 6. The smallest absolute Gasteiger partial charge is 0.339 e. The summed E-state index contributed by atoms with van der Waals surface area (Å²) in [5, 5.41) is 8.05. The quantitative estimate of drug-likeness (QED) is 0.241. The third-order valence-electron chi connectivity index (χ3n) is 6.41. The number of para-hydroxylation sites is 1. The molecule has 1 unspecified atom stereocenters. The number of nitrogens with zero attached hydrogens (tertiary/aromatic N) is 1. The molecule has 0 saturated heterocycles. The van der Waals surface area contributed by atoms with Crippen molar-refractivity contribution in [1.82, 2.24) is 4.98 Å². The van der Waals surface area contributed by atoms with Gasteiger partial charge in [0.2, 0.25) is 5.91 Å². The Bertz CT molecular complexity index is 1750. The fourth-order valence-corrected chi connectivity index (χ4v) is 4.36. The Morgan fingerprint density at radius 2 is 1.48 bits per heavy atom. The van der Waals surface area contributed by atoms with E-state index in [9.17, 15) is 14.4 Å². The molecule has 1 aromatic heterocycles. The zero-order chi connectivity index (χ0) is 28.2.